The lowest BCUT2D eigenvalue weighted by molar-refractivity contribution is 0.190. The van der Waals surface area contributed by atoms with Gasteiger partial charge in [0.15, 0.2) is 0 Å². The second-order valence-corrected chi connectivity index (χ2v) is 6.35. The second kappa shape index (κ2) is 6.87. The summed E-state index contributed by atoms with van der Waals surface area (Å²) in [4.78, 5) is 2.64. The Labute approximate surface area is 105 Å². The summed E-state index contributed by atoms with van der Waals surface area (Å²) in [6, 6.07) is 1.62. The van der Waals surface area contributed by atoms with Crippen LogP contribution in [0.2, 0.25) is 0 Å². The number of rotatable bonds is 5. The van der Waals surface area contributed by atoms with Crippen LogP contribution in [0.15, 0.2) is 0 Å². The predicted octanol–water partition coefficient (Wildman–Crippen LogP) is 2.35. The van der Waals surface area contributed by atoms with Crippen molar-refractivity contribution in [3.63, 3.8) is 0 Å². The molecule has 0 aromatic rings. The minimum atomic E-state index is 0.807. The Balaban J connectivity index is 1.60. The SMILES string of the molecule is CCCCN1CCC(NC2CCSC2)CC1. The molecule has 0 amide bonds. The van der Waals surface area contributed by atoms with E-state index in [9.17, 15) is 0 Å². The first kappa shape index (κ1) is 12.7. The third kappa shape index (κ3) is 3.94. The molecule has 2 nitrogen and oxygen atoms in total. The van der Waals surface area contributed by atoms with Gasteiger partial charge in [0.1, 0.15) is 0 Å². The van der Waals surface area contributed by atoms with Crippen molar-refractivity contribution in [2.75, 3.05) is 31.1 Å². The molecule has 0 aliphatic carbocycles. The smallest absolute Gasteiger partial charge is 0.0168 e. The molecule has 1 atom stereocenters. The molecule has 1 unspecified atom stereocenters. The summed E-state index contributed by atoms with van der Waals surface area (Å²) in [5, 5.41) is 3.85. The van der Waals surface area contributed by atoms with Crippen LogP contribution in [0.5, 0.6) is 0 Å². The summed E-state index contributed by atoms with van der Waals surface area (Å²) in [7, 11) is 0. The third-order valence-electron chi connectivity index (χ3n) is 3.82. The second-order valence-electron chi connectivity index (χ2n) is 5.20. The standard InChI is InChI=1S/C13H26N2S/c1-2-3-7-15-8-4-12(5-9-15)14-13-6-10-16-11-13/h12-14H,2-11H2,1H3. The number of hydrogen-bond donors (Lipinski definition) is 1. The van der Waals surface area contributed by atoms with E-state index in [0.29, 0.717) is 0 Å². The van der Waals surface area contributed by atoms with Crippen molar-refractivity contribution in [2.45, 2.75) is 51.1 Å². The topological polar surface area (TPSA) is 15.3 Å². The number of piperidine rings is 1. The average molecular weight is 242 g/mol. The van der Waals surface area contributed by atoms with E-state index in [-0.39, 0.29) is 0 Å². The molecule has 2 aliphatic heterocycles. The van der Waals surface area contributed by atoms with Crippen LogP contribution in [0.4, 0.5) is 0 Å². The number of unbranched alkanes of at least 4 members (excludes halogenated alkanes) is 1. The van der Waals surface area contributed by atoms with Crippen LogP contribution in [0.1, 0.15) is 39.0 Å². The largest absolute Gasteiger partial charge is 0.310 e. The Kier molecular flexibility index (Phi) is 5.46. The molecule has 2 rings (SSSR count). The Morgan fingerprint density at radius 3 is 2.62 bits per heavy atom. The maximum Gasteiger partial charge on any atom is 0.0168 e. The van der Waals surface area contributed by atoms with Crippen LogP contribution in [0, 0.1) is 0 Å². The van der Waals surface area contributed by atoms with Crippen molar-refractivity contribution < 1.29 is 0 Å². The third-order valence-corrected chi connectivity index (χ3v) is 4.98. The maximum absolute atomic E-state index is 3.85. The molecule has 2 aliphatic rings. The van der Waals surface area contributed by atoms with Gasteiger partial charge in [0.05, 0.1) is 0 Å². The molecule has 0 aromatic heterocycles. The van der Waals surface area contributed by atoms with Gasteiger partial charge < -0.3 is 10.2 Å². The van der Waals surface area contributed by atoms with Crippen LogP contribution in [-0.2, 0) is 0 Å². The van der Waals surface area contributed by atoms with Gasteiger partial charge in [-0.2, -0.15) is 11.8 Å². The number of thioether (sulfide) groups is 1. The molecule has 3 heteroatoms. The van der Waals surface area contributed by atoms with E-state index in [1.807, 2.05) is 0 Å². The molecule has 0 saturated carbocycles. The highest BCUT2D eigenvalue weighted by atomic mass is 32.2. The highest BCUT2D eigenvalue weighted by Gasteiger charge is 2.23. The van der Waals surface area contributed by atoms with Crippen LogP contribution in [0.3, 0.4) is 0 Å². The highest BCUT2D eigenvalue weighted by molar-refractivity contribution is 7.99. The summed E-state index contributed by atoms with van der Waals surface area (Å²) < 4.78 is 0. The lowest BCUT2D eigenvalue weighted by Crippen LogP contribution is -2.46. The van der Waals surface area contributed by atoms with E-state index in [2.05, 4.69) is 28.9 Å². The molecule has 1 N–H and O–H groups in total. The number of hydrogen-bond acceptors (Lipinski definition) is 3. The number of nitrogens with one attached hydrogen (secondary N) is 1. The predicted molar refractivity (Wildman–Crippen MR) is 73.2 cm³/mol. The molecule has 16 heavy (non-hydrogen) atoms. The molecule has 0 bridgehead atoms. The van der Waals surface area contributed by atoms with Gasteiger partial charge in [0.25, 0.3) is 0 Å². The molecule has 2 fully saturated rings. The normalized spacial score (nSPS) is 28.7. The first-order valence-corrected chi connectivity index (χ1v) is 8.10. The quantitative estimate of drug-likeness (QED) is 0.797. The zero-order valence-corrected chi connectivity index (χ0v) is 11.4. The molecule has 2 saturated heterocycles. The minimum absolute atomic E-state index is 0.807. The van der Waals surface area contributed by atoms with Crippen LogP contribution >= 0.6 is 11.8 Å². The van der Waals surface area contributed by atoms with E-state index in [1.165, 1.54) is 63.2 Å². The van der Waals surface area contributed by atoms with Gasteiger partial charge in [-0.3, -0.25) is 0 Å². The lowest BCUT2D eigenvalue weighted by Gasteiger charge is -2.33. The minimum Gasteiger partial charge on any atom is -0.310 e. The van der Waals surface area contributed by atoms with Gasteiger partial charge >= 0.3 is 0 Å². The fraction of sp³-hybridized carbons (Fsp3) is 1.00. The Morgan fingerprint density at radius 2 is 2.00 bits per heavy atom. The summed E-state index contributed by atoms with van der Waals surface area (Å²) >= 11 is 2.11. The summed E-state index contributed by atoms with van der Waals surface area (Å²) in [6.45, 7) is 6.24. The molecular formula is C13H26N2S. The first-order chi connectivity index (χ1) is 7.88. The molecular weight excluding hydrogens is 216 g/mol. The fourth-order valence-corrected chi connectivity index (χ4v) is 3.87. The van der Waals surface area contributed by atoms with E-state index >= 15 is 0 Å². The van der Waals surface area contributed by atoms with Crippen molar-refractivity contribution >= 4 is 11.8 Å². The zero-order valence-electron chi connectivity index (χ0n) is 10.6. The Morgan fingerprint density at radius 1 is 1.19 bits per heavy atom. The first-order valence-electron chi connectivity index (χ1n) is 6.94. The molecule has 0 spiro atoms. The lowest BCUT2D eigenvalue weighted by atomic mass is 10.0. The van der Waals surface area contributed by atoms with E-state index in [0.717, 1.165) is 12.1 Å². The van der Waals surface area contributed by atoms with Crippen LogP contribution in [-0.4, -0.2) is 48.1 Å². The van der Waals surface area contributed by atoms with Gasteiger partial charge in [-0.15, -0.1) is 0 Å². The van der Waals surface area contributed by atoms with Crippen molar-refractivity contribution in [2.24, 2.45) is 0 Å². The Hall–Kier alpha value is 0.270. The van der Waals surface area contributed by atoms with Crippen LogP contribution in [0.25, 0.3) is 0 Å². The van der Waals surface area contributed by atoms with Crippen molar-refractivity contribution in [3.8, 4) is 0 Å². The summed E-state index contributed by atoms with van der Waals surface area (Å²) in [5.74, 6) is 2.71. The molecule has 0 aromatic carbocycles. The van der Waals surface area contributed by atoms with Gasteiger partial charge in [0.2, 0.25) is 0 Å². The monoisotopic (exact) mass is 242 g/mol. The zero-order chi connectivity index (χ0) is 11.2. The van der Waals surface area contributed by atoms with E-state index in [1.54, 1.807) is 0 Å². The molecule has 0 radical (unpaired) electrons. The van der Waals surface area contributed by atoms with E-state index in [4.69, 9.17) is 0 Å². The van der Waals surface area contributed by atoms with Gasteiger partial charge in [-0.05, 0) is 51.1 Å². The van der Waals surface area contributed by atoms with Gasteiger partial charge in [0, 0.05) is 17.8 Å². The summed E-state index contributed by atoms with van der Waals surface area (Å²) in [6.07, 6.45) is 6.82. The Bertz CT molecular complexity index is 184. The van der Waals surface area contributed by atoms with Crippen LogP contribution < -0.4 is 5.32 Å². The molecule has 2 heterocycles. The van der Waals surface area contributed by atoms with E-state index < -0.39 is 0 Å². The number of nitrogens with zero attached hydrogens (tertiary/aromatic N) is 1. The van der Waals surface area contributed by atoms with Crippen molar-refractivity contribution in [1.82, 2.24) is 10.2 Å². The number of likely N-dealkylation sites (tertiary alicyclic amines) is 1. The molecule has 94 valence electrons. The maximum atomic E-state index is 3.85. The average Bonchev–Trinajstić information content (AvgIpc) is 2.81. The van der Waals surface area contributed by atoms with Gasteiger partial charge in [-0.1, -0.05) is 13.3 Å². The highest BCUT2D eigenvalue weighted by Crippen LogP contribution is 2.19. The van der Waals surface area contributed by atoms with Crippen molar-refractivity contribution in [1.29, 1.82) is 0 Å². The summed E-state index contributed by atoms with van der Waals surface area (Å²) in [5.41, 5.74) is 0. The van der Waals surface area contributed by atoms with Gasteiger partial charge in [-0.25, -0.2) is 0 Å². The fourth-order valence-electron chi connectivity index (χ4n) is 2.70. The van der Waals surface area contributed by atoms with Crippen molar-refractivity contribution in [3.05, 3.63) is 0 Å².